The number of primary amides is 1. The molecule has 160 valence electrons. The van der Waals surface area contributed by atoms with E-state index in [1.165, 1.54) is 12.3 Å². The van der Waals surface area contributed by atoms with Crippen molar-refractivity contribution >= 4 is 23.4 Å². The van der Waals surface area contributed by atoms with E-state index in [9.17, 15) is 4.79 Å². The number of hydrogen-bond donors (Lipinski definition) is 3. The molecule has 2 aromatic carbocycles. The number of ether oxygens (including phenoxy) is 2. The summed E-state index contributed by atoms with van der Waals surface area (Å²) in [6.07, 6.45) is 1.46. The van der Waals surface area contributed by atoms with E-state index < -0.39 is 5.91 Å². The predicted octanol–water partition coefficient (Wildman–Crippen LogP) is 3.76. The first-order valence-electron chi connectivity index (χ1n) is 9.60. The lowest BCUT2D eigenvalue weighted by molar-refractivity contribution is 0.0995. The standard InChI is InChI=1S/C23H20N6O3/c1-31-16-6-2-4-14(10-16)19-13-21(29-23(25)28-19)27-15-5-3-7-17(11-15)32-18-8-9-26-20(12-18)22(24)30/h2-13H,1H3,(H2,24,30)(H3,25,27,28,29). The fraction of sp³-hybridized carbons (Fsp3) is 0.0435. The first kappa shape index (κ1) is 20.6. The van der Waals surface area contributed by atoms with Crippen molar-refractivity contribution in [2.24, 2.45) is 5.73 Å². The molecule has 0 aliphatic heterocycles. The fourth-order valence-electron chi connectivity index (χ4n) is 2.99. The average molecular weight is 428 g/mol. The van der Waals surface area contributed by atoms with Crippen LogP contribution in [-0.4, -0.2) is 28.0 Å². The van der Waals surface area contributed by atoms with Crippen LogP contribution >= 0.6 is 0 Å². The molecule has 0 aliphatic rings. The topological polar surface area (TPSA) is 138 Å². The number of rotatable bonds is 7. The first-order chi connectivity index (χ1) is 15.5. The van der Waals surface area contributed by atoms with E-state index in [-0.39, 0.29) is 11.6 Å². The summed E-state index contributed by atoms with van der Waals surface area (Å²) in [4.78, 5) is 23.8. The smallest absolute Gasteiger partial charge is 0.267 e. The van der Waals surface area contributed by atoms with E-state index in [0.717, 1.165) is 17.0 Å². The number of carbonyl (C=O) groups excluding carboxylic acids is 1. The Balaban J connectivity index is 1.56. The van der Waals surface area contributed by atoms with E-state index >= 15 is 0 Å². The molecule has 0 unspecified atom stereocenters. The van der Waals surface area contributed by atoms with Gasteiger partial charge in [0, 0.05) is 35.6 Å². The maximum absolute atomic E-state index is 11.3. The number of anilines is 3. The van der Waals surface area contributed by atoms with Crippen LogP contribution in [0.4, 0.5) is 17.5 Å². The summed E-state index contributed by atoms with van der Waals surface area (Å²) in [5.74, 6) is 1.74. The molecule has 0 spiro atoms. The van der Waals surface area contributed by atoms with Crippen molar-refractivity contribution in [3.63, 3.8) is 0 Å². The summed E-state index contributed by atoms with van der Waals surface area (Å²) >= 11 is 0. The molecule has 0 bridgehead atoms. The summed E-state index contributed by atoms with van der Waals surface area (Å²) < 4.78 is 11.1. The highest BCUT2D eigenvalue weighted by molar-refractivity contribution is 5.91. The summed E-state index contributed by atoms with van der Waals surface area (Å²) in [5.41, 5.74) is 13.6. The first-order valence-corrected chi connectivity index (χ1v) is 9.60. The van der Waals surface area contributed by atoms with Gasteiger partial charge in [-0.05, 0) is 30.3 Å². The van der Waals surface area contributed by atoms with Crippen LogP contribution in [0.25, 0.3) is 11.3 Å². The van der Waals surface area contributed by atoms with Gasteiger partial charge in [-0.2, -0.15) is 4.98 Å². The Hall–Kier alpha value is -4.66. The van der Waals surface area contributed by atoms with E-state index in [1.807, 2.05) is 36.4 Å². The molecule has 1 amide bonds. The molecular formula is C23H20N6O3. The van der Waals surface area contributed by atoms with Gasteiger partial charge < -0.3 is 26.3 Å². The normalized spacial score (nSPS) is 10.4. The number of amides is 1. The minimum absolute atomic E-state index is 0.123. The lowest BCUT2D eigenvalue weighted by Gasteiger charge is -2.11. The van der Waals surface area contributed by atoms with Crippen molar-refractivity contribution in [2.75, 3.05) is 18.2 Å². The number of nitrogen functional groups attached to an aromatic ring is 1. The van der Waals surface area contributed by atoms with Crippen molar-refractivity contribution in [1.29, 1.82) is 0 Å². The Morgan fingerprint density at radius 2 is 1.72 bits per heavy atom. The van der Waals surface area contributed by atoms with Gasteiger partial charge in [0.1, 0.15) is 28.8 Å². The molecule has 9 heteroatoms. The molecule has 9 nitrogen and oxygen atoms in total. The Kier molecular flexibility index (Phi) is 5.80. The molecule has 0 atom stereocenters. The van der Waals surface area contributed by atoms with Gasteiger partial charge in [0.25, 0.3) is 5.91 Å². The number of methoxy groups -OCH3 is 1. The SMILES string of the molecule is COc1cccc(-c2cc(Nc3cccc(Oc4ccnc(C(N)=O)c4)c3)nc(N)n2)c1. The third-order valence-electron chi connectivity index (χ3n) is 4.43. The molecular weight excluding hydrogens is 408 g/mol. The predicted molar refractivity (Wildman–Crippen MR) is 121 cm³/mol. The van der Waals surface area contributed by atoms with E-state index in [4.69, 9.17) is 20.9 Å². The minimum Gasteiger partial charge on any atom is -0.497 e. The van der Waals surface area contributed by atoms with Gasteiger partial charge in [0.15, 0.2) is 0 Å². The third kappa shape index (κ3) is 4.90. The van der Waals surface area contributed by atoms with Crippen LogP contribution in [0.3, 0.4) is 0 Å². The number of nitrogens with two attached hydrogens (primary N) is 2. The number of benzene rings is 2. The van der Waals surface area contributed by atoms with Gasteiger partial charge >= 0.3 is 0 Å². The Morgan fingerprint density at radius 3 is 2.53 bits per heavy atom. The summed E-state index contributed by atoms with van der Waals surface area (Å²) in [6, 6.07) is 19.7. The largest absolute Gasteiger partial charge is 0.497 e. The van der Waals surface area contributed by atoms with Crippen LogP contribution in [0.15, 0.2) is 72.9 Å². The quantitative estimate of drug-likeness (QED) is 0.404. The number of pyridine rings is 1. The van der Waals surface area contributed by atoms with Gasteiger partial charge in [-0.15, -0.1) is 0 Å². The van der Waals surface area contributed by atoms with Crippen molar-refractivity contribution in [1.82, 2.24) is 15.0 Å². The maximum Gasteiger partial charge on any atom is 0.267 e. The fourth-order valence-corrected chi connectivity index (χ4v) is 2.99. The van der Waals surface area contributed by atoms with Crippen LogP contribution < -0.4 is 26.3 Å². The second-order valence-electron chi connectivity index (χ2n) is 6.72. The zero-order valence-electron chi connectivity index (χ0n) is 17.1. The van der Waals surface area contributed by atoms with Crippen LogP contribution in [0.1, 0.15) is 10.5 Å². The highest BCUT2D eigenvalue weighted by Gasteiger charge is 2.08. The molecule has 2 aromatic heterocycles. The third-order valence-corrected chi connectivity index (χ3v) is 4.43. The molecule has 4 rings (SSSR count). The minimum atomic E-state index is -0.626. The lowest BCUT2D eigenvalue weighted by Crippen LogP contribution is -2.12. The van der Waals surface area contributed by atoms with Crippen LogP contribution in [0.2, 0.25) is 0 Å². The van der Waals surface area contributed by atoms with E-state index in [0.29, 0.717) is 23.0 Å². The summed E-state index contributed by atoms with van der Waals surface area (Å²) in [7, 11) is 1.61. The number of carbonyl (C=O) groups is 1. The van der Waals surface area contributed by atoms with Crippen molar-refractivity contribution in [3.05, 3.63) is 78.6 Å². The Morgan fingerprint density at radius 1 is 0.938 bits per heavy atom. The van der Waals surface area contributed by atoms with Gasteiger partial charge in [-0.1, -0.05) is 18.2 Å². The number of hydrogen-bond acceptors (Lipinski definition) is 8. The maximum atomic E-state index is 11.3. The zero-order valence-corrected chi connectivity index (χ0v) is 17.1. The zero-order chi connectivity index (χ0) is 22.5. The number of nitrogens with zero attached hydrogens (tertiary/aromatic N) is 3. The van der Waals surface area contributed by atoms with E-state index in [1.54, 1.807) is 31.4 Å². The molecule has 2 heterocycles. The monoisotopic (exact) mass is 428 g/mol. The van der Waals surface area contributed by atoms with Gasteiger partial charge in [-0.3, -0.25) is 9.78 Å². The molecule has 4 aromatic rings. The van der Waals surface area contributed by atoms with Crippen molar-refractivity contribution < 1.29 is 14.3 Å². The number of aromatic nitrogens is 3. The molecule has 0 saturated carbocycles. The second-order valence-corrected chi connectivity index (χ2v) is 6.72. The average Bonchev–Trinajstić information content (AvgIpc) is 2.79. The van der Waals surface area contributed by atoms with Crippen LogP contribution in [0.5, 0.6) is 17.2 Å². The summed E-state index contributed by atoms with van der Waals surface area (Å²) in [5, 5.41) is 3.21. The molecule has 0 aliphatic carbocycles. The highest BCUT2D eigenvalue weighted by Crippen LogP contribution is 2.28. The molecule has 0 radical (unpaired) electrons. The number of nitrogens with one attached hydrogen (secondary N) is 1. The van der Waals surface area contributed by atoms with Gasteiger partial charge in [0.05, 0.1) is 12.8 Å². The Bertz CT molecular complexity index is 1280. The van der Waals surface area contributed by atoms with Crippen LogP contribution in [0, 0.1) is 0 Å². The summed E-state index contributed by atoms with van der Waals surface area (Å²) in [6.45, 7) is 0. The molecule has 32 heavy (non-hydrogen) atoms. The van der Waals surface area contributed by atoms with E-state index in [2.05, 4.69) is 20.3 Å². The van der Waals surface area contributed by atoms with Crippen molar-refractivity contribution in [2.45, 2.75) is 0 Å². The van der Waals surface area contributed by atoms with Crippen molar-refractivity contribution in [3.8, 4) is 28.5 Å². The molecule has 5 N–H and O–H groups in total. The second kappa shape index (κ2) is 9.00. The molecule has 0 saturated heterocycles. The van der Waals surface area contributed by atoms with Crippen LogP contribution in [-0.2, 0) is 0 Å². The van der Waals surface area contributed by atoms with Gasteiger partial charge in [0.2, 0.25) is 5.95 Å². The van der Waals surface area contributed by atoms with Gasteiger partial charge in [-0.25, -0.2) is 4.98 Å². The highest BCUT2D eigenvalue weighted by atomic mass is 16.5. The lowest BCUT2D eigenvalue weighted by atomic mass is 10.1. The Labute approximate surface area is 184 Å². The molecule has 0 fully saturated rings.